The van der Waals surface area contributed by atoms with E-state index in [1.54, 1.807) is 0 Å². The predicted molar refractivity (Wildman–Crippen MR) is 71.2 cm³/mol. The molecular weight excluding hydrogens is 317 g/mol. The van der Waals surface area contributed by atoms with E-state index < -0.39 is 24.1 Å². The number of hydrogen-bond donors (Lipinski definition) is 1. The van der Waals surface area contributed by atoms with E-state index in [1.807, 2.05) is 0 Å². The lowest BCUT2D eigenvalue weighted by Crippen LogP contribution is -2.45. The minimum atomic E-state index is -4.48. The fourth-order valence-corrected chi connectivity index (χ4v) is 3.18. The molecule has 3 heterocycles. The highest BCUT2D eigenvalue weighted by atomic mass is 19.4. The largest absolute Gasteiger partial charge is 0.478 e. The molecule has 1 saturated heterocycles. The maximum Gasteiger partial charge on any atom is 0.408 e. The number of ether oxygens (including phenoxy) is 1. The van der Waals surface area contributed by atoms with Crippen LogP contribution in [0.1, 0.15) is 39.4 Å². The van der Waals surface area contributed by atoms with Crippen molar-refractivity contribution in [1.82, 2.24) is 9.47 Å². The van der Waals surface area contributed by atoms with Crippen LogP contribution in [0.25, 0.3) is 0 Å². The highest BCUT2D eigenvalue weighted by molar-refractivity contribution is 5.98. The molecule has 0 spiro atoms. The number of fused-ring (bicyclic) bond motifs is 1. The van der Waals surface area contributed by atoms with E-state index in [-0.39, 0.29) is 50.4 Å². The second-order valence-corrected chi connectivity index (χ2v) is 5.60. The van der Waals surface area contributed by atoms with Crippen LogP contribution in [-0.4, -0.2) is 51.8 Å². The standard InChI is InChI=1S/C14H15F3N2O4/c15-14(16,17)11-2-1-3-19(11)12(20)9-6-8(13(21)22)10-7-23-5-4-18(9)10/h6,11H,1-5,7H2,(H,21,22)/t11-/m1/s1. The van der Waals surface area contributed by atoms with Gasteiger partial charge in [-0.15, -0.1) is 0 Å². The summed E-state index contributed by atoms with van der Waals surface area (Å²) in [5.74, 6) is -2.01. The van der Waals surface area contributed by atoms with Crippen LogP contribution in [-0.2, 0) is 17.9 Å². The predicted octanol–water partition coefficient (Wildman–Crippen LogP) is 1.88. The van der Waals surface area contributed by atoms with Gasteiger partial charge in [-0.25, -0.2) is 4.79 Å². The molecule has 6 nitrogen and oxygen atoms in total. The molecule has 3 rings (SSSR count). The molecule has 2 aliphatic heterocycles. The van der Waals surface area contributed by atoms with Gasteiger partial charge < -0.3 is 19.3 Å². The Morgan fingerprint density at radius 3 is 2.70 bits per heavy atom. The number of aromatic carboxylic acids is 1. The van der Waals surface area contributed by atoms with Gasteiger partial charge in [0, 0.05) is 13.1 Å². The highest BCUT2D eigenvalue weighted by Gasteiger charge is 2.48. The minimum absolute atomic E-state index is 0.0163. The van der Waals surface area contributed by atoms with Crippen molar-refractivity contribution < 1.29 is 32.6 Å². The number of likely N-dealkylation sites (tertiary alicyclic amines) is 1. The Balaban J connectivity index is 1.98. The molecule has 1 aromatic rings. The first-order valence-electron chi connectivity index (χ1n) is 7.22. The molecule has 0 bridgehead atoms. The van der Waals surface area contributed by atoms with E-state index in [4.69, 9.17) is 4.74 Å². The molecule has 0 aliphatic carbocycles. The van der Waals surface area contributed by atoms with Crippen LogP contribution in [0.3, 0.4) is 0 Å². The van der Waals surface area contributed by atoms with Crippen LogP contribution < -0.4 is 0 Å². The summed E-state index contributed by atoms with van der Waals surface area (Å²) in [5.41, 5.74) is 0.197. The minimum Gasteiger partial charge on any atom is -0.478 e. The summed E-state index contributed by atoms with van der Waals surface area (Å²) in [4.78, 5) is 24.7. The number of aromatic nitrogens is 1. The molecule has 1 fully saturated rings. The van der Waals surface area contributed by atoms with Gasteiger partial charge in [-0.3, -0.25) is 4.79 Å². The summed E-state index contributed by atoms with van der Waals surface area (Å²) in [6.07, 6.45) is -4.34. The molecule has 9 heteroatoms. The van der Waals surface area contributed by atoms with Gasteiger partial charge >= 0.3 is 12.1 Å². The SMILES string of the molecule is O=C(O)c1cc(C(=O)N2CCC[C@@H]2C(F)(F)F)n2c1COCC2. The first-order valence-corrected chi connectivity index (χ1v) is 7.22. The van der Waals surface area contributed by atoms with Gasteiger partial charge in [0.15, 0.2) is 0 Å². The first-order chi connectivity index (χ1) is 10.8. The lowest BCUT2D eigenvalue weighted by atomic mass is 10.2. The number of carbonyl (C=O) groups is 2. The Labute approximate surface area is 129 Å². The Bertz CT molecular complexity index is 653. The van der Waals surface area contributed by atoms with Crippen molar-refractivity contribution in [3.63, 3.8) is 0 Å². The Kier molecular flexibility index (Phi) is 3.83. The number of halogens is 3. The number of alkyl halides is 3. The van der Waals surface area contributed by atoms with E-state index in [1.165, 1.54) is 4.57 Å². The van der Waals surface area contributed by atoms with Crippen molar-refractivity contribution in [3.05, 3.63) is 23.0 Å². The molecule has 0 unspecified atom stereocenters. The third-order valence-electron chi connectivity index (χ3n) is 4.25. The molecule has 0 saturated carbocycles. The van der Waals surface area contributed by atoms with Crippen molar-refractivity contribution in [1.29, 1.82) is 0 Å². The van der Waals surface area contributed by atoms with Crippen LogP contribution in [0.4, 0.5) is 13.2 Å². The molecule has 0 radical (unpaired) electrons. The van der Waals surface area contributed by atoms with Gasteiger partial charge in [0.05, 0.1) is 24.5 Å². The molecule has 1 atom stereocenters. The van der Waals surface area contributed by atoms with Crippen LogP contribution >= 0.6 is 0 Å². The summed E-state index contributed by atoms with van der Waals surface area (Å²) < 4.78 is 45.8. The number of hydrogen-bond acceptors (Lipinski definition) is 3. The molecular formula is C14H15F3N2O4. The van der Waals surface area contributed by atoms with E-state index in [0.29, 0.717) is 5.69 Å². The van der Waals surface area contributed by atoms with Crippen molar-refractivity contribution in [3.8, 4) is 0 Å². The lowest BCUT2D eigenvalue weighted by Gasteiger charge is -2.27. The van der Waals surface area contributed by atoms with Gasteiger partial charge in [0.25, 0.3) is 5.91 Å². The van der Waals surface area contributed by atoms with Crippen molar-refractivity contribution in [2.24, 2.45) is 0 Å². The molecule has 23 heavy (non-hydrogen) atoms. The summed E-state index contributed by atoms with van der Waals surface area (Å²) in [6.45, 7) is 0.567. The normalized spacial score (nSPS) is 21.3. The van der Waals surface area contributed by atoms with E-state index in [0.717, 1.165) is 11.0 Å². The topological polar surface area (TPSA) is 71.8 Å². The number of amides is 1. The summed E-state index contributed by atoms with van der Waals surface area (Å²) in [6, 6.07) is -0.658. The van der Waals surface area contributed by atoms with Crippen molar-refractivity contribution >= 4 is 11.9 Å². The zero-order valence-corrected chi connectivity index (χ0v) is 12.1. The average Bonchev–Trinajstić information content (AvgIpc) is 3.11. The monoisotopic (exact) mass is 332 g/mol. The Morgan fingerprint density at radius 1 is 1.30 bits per heavy atom. The number of carboxylic acids is 1. The summed E-state index contributed by atoms with van der Waals surface area (Å²) in [5, 5.41) is 9.21. The average molecular weight is 332 g/mol. The van der Waals surface area contributed by atoms with Crippen LogP contribution in [0.5, 0.6) is 0 Å². The van der Waals surface area contributed by atoms with Crippen molar-refractivity contribution in [2.45, 2.75) is 38.2 Å². The smallest absolute Gasteiger partial charge is 0.408 e. The molecule has 1 amide bonds. The third-order valence-corrected chi connectivity index (χ3v) is 4.25. The molecule has 1 aromatic heterocycles. The highest BCUT2D eigenvalue weighted by Crippen LogP contribution is 2.34. The fraction of sp³-hybridized carbons (Fsp3) is 0.571. The third kappa shape index (κ3) is 2.69. The number of rotatable bonds is 2. The van der Waals surface area contributed by atoms with Crippen molar-refractivity contribution in [2.75, 3.05) is 13.2 Å². The number of nitrogens with zero attached hydrogens (tertiary/aromatic N) is 2. The van der Waals surface area contributed by atoms with Gasteiger partial charge in [0.2, 0.25) is 0 Å². The van der Waals surface area contributed by atoms with Gasteiger partial charge in [-0.2, -0.15) is 13.2 Å². The quantitative estimate of drug-likeness (QED) is 0.898. The second kappa shape index (κ2) is 5.55. The lowest BCUT2D eigenvalue weighted by molar-refractivity contribution is -0.169. The maximum absolute atomic E-state index is 13.0. The summed E-state index contributed by atoms with van der Waals surface area (Å²) in [7, 11) is 0. The second-order valence-electron chi connectivity index (χ2n) is 5.60. The van der Waals surface area contributed by atoms with Gasteiger partial charge in [0.1, 0.15) is 11.7 Å². The fourth-order valence-electron chi connectivity index (χ4n) is 3.18. The molecule has 126 valence electrons. The van der Waals surface area contributed by atoms with E-state index in [9.17, 15) is 27.9 Å². The van der Waals surface area contributed by atoms with E-state index >= 15 is 0 Å². The Morgan fingerprint density at radius 2 is 2.04 bits per heavy atom. The van der Waals surface area contributed by atoms with E-state index in [2.05, 4.69) is 0 Å². The molecule has 1 N–H and O–H groups in total. The maximum atomic E-state index is 13.0. The Hall–Kier alpha value is -2.03. The zero-order chi connectivity index (χ0) is 16.8. The molecule has 0 aromatic carbocycles. The number of carbonyl (C=O) groups excluding carboxylic acids is 1. The van der Waals surface area contributed by atoms with Crippen LogP contribution in [0.15, 0.2) is 6.07 Å². The first kappa shape index (κ1) is 15.9. The zero-order valence-electron chi connectivity index (χ0n) is 12.1. The molecule has 2 aliphatic rings. The number of carboxylic acid groups (broad SMARTS) is 1. The van der Waals surface area contributed by atoms with Crippen LogP contribution in [0.2, 0.25) is 0 Å². The van der Waals surface area contributed by atoms with Gasteiger partial charge in [-0.05, 0) is 18.9 Å². The summed E-state index contributed by atoms with van der Waals surface area (Å²) >= 11 is 0. The van der Waals surface area contributed by atoms with Crippen LogP contribution in [0, 0.1) is 0 Å². The van der Waals surface area contributed by atoms with Gasteiger partial charge in [-0.1, -0.05) is 0 Å².